The van der Waals surface area contributed by atoms with Crippen LogP contribution in [0, 0.1) is 0 Å². The van der Waals surface area contributed by atoms with Gasteiger partial charge in [0, 0.05) is 13.1 Å². The number of rotatable bonds is 9. The van der Waals surface area contributed by atoms with Crippen LogP contribution in [0.4, 0.5) is 13.2 Å². The quantitative estimate of drug-likeness (QED) is 0.605. The fraction of sp³-hybridized carbons (Fsp3) is 0.250. The minimum atomic E-state index is -4.69. The number of amides is 1. The van der Waals surface area contributed by atoms with Gasteiger partial charge in [0.1, 0.15) is 5.75 Å². The van der Waals surface area contributed by atoms with Crippen LogP contribution in [0.15, 0.2) is 66.1 Å². The highest BCUT2D eigenvalue weighted by Gasteiger charge is 2.33. The maximum atomic E-state index is 12.9. The Morgan fingerprint density at radius 3 is 2.43 bits per heavy atom. The van der Waals surface area contributed by atoms with Crippen LogP contribution in [0.25, 0.3) is 0 Å². The molecule has 0 heterocycles. The van der Waals surface area contributed by atoms with Crippen LogP contribution in [0.3, 0.4) is 0 Å². The van der Waals surface area contributed by atoms with Crippen LogP contribution in [0.2, 0.25) is 0 Å². The van der Waals surface area contributed by atoms with Gasteiger partial charge in [-0.1, -0.05) is 24.3 Å². The Kier molecular flexibility index (Phi) is 7.63. The first-order valence-electron chi connectivity index (χ1n) is 8.76. The van der Waals surface area contributed by atoms with Crippen LogP contribution in [-0.4, -0.2) is 38.8 Å². The lowest BCUT2D eigenvalue weighted by molar-refractivity contribution is -0.137. The topological polar surface area (TPSA) is 75.7 Å². The van der Waals surface area contributed by atoms with E-state index in [9.17, 15) is 26.4 Å². The van der Waals surface area contributed by atoms with E-state index in [0.717, 1.165) is 28.1 Å². The maximum absolute atomic E-state index is 12.9. The summed E-state index contributed by atoms with van der Waals surface area (Å²) in [7, 11) is -2.82. The molecule has 0 unspecified atom stereocenters. The maximum Gasteiger partial charge on any atom is 0.416 e. The first kappa shape index (κ1) is 23.4. The summed E-state index contributed by atoms with van der Waals surface area (Å²) in [4.78, 5) is 11.7. The fourth-order valence-electron chi connectivity index (χ4n) is 2.53. The predicted molar refractivity (Wildman–Crippen MR) is 105 cm³/mol. The molecule has 2 rings (SSSR count). The van der Waals surface area contributed by atoms with Gasteiger partial charge in [0.2, 0.25) is 15.9 Å². The van der Waals surface area contributed by atoms with Crippen LogP contribution < -0.4 is 10.1 Å². The van der Waals surface area contributed by atoms with Gasteiger partial charge in [-0.2, -0.15) is 17.5 Å². The average molecular weight is 442 g/mol. The SMILES string of the molecule is C=CCN(CC(=O)NCc1ccc(OC)cc1)S(=O)(=O)c1cccc(C(F)(F)F)c1. The number of carbonyl (C=O) groups is 1. The van der Waals surface area contributed by atoms with Crippen molar-refractivity contribution in [2.24, 2.45) is 0 Å². The smallest absolute Gasteiger partial charge is 0.416 e. The number of hydrogen-bond donors (Lipinski definition) is 1. The molecule has 6 nitrogen and oxygen atoms in total. The lowest BCUT2D eigenvalue weighted by atomic mass is 10.2. The molecule has 0 atom stereocenters. The van der Waals surface area contributed by atoms with Gasteiger partial charge in [-0.15, -0.1) is 6.58 Å². The van der Waals surface area contributed by atoms with Crippen molar-refractivity contribution in [1.29, 1.82) is 0 Å². The van der Waals surface area contributed by atoms with E-state index < -0.39 is 39.1 Å². The van der Waals surface area contributed by atoms with Gasteiger partial charge in [0.25, 0.3) is 0 Å². The molecule has 2 aromatic carbocycles. The Morgan fingerprint density at radius 2 is 1.87 bits per heavy atom. The van der Waals surface area contributed by atoms with Gasteiger partial charge in [-0.3, -0.25) is 4.79 Å². The molecule has 0 fully saturated rings. The van der Waals surface area contributed by atoms with Gasteiger partial charge in [0.05, 0.1) is 24.1 Å². The van der Waals surface area contributed by atoms with Gasteiger partial charge >= 0.3 is 6.18 Å². The van der Waals surface area contributed by atoms with E-state index in [1.807, 2.05) is 0 Å². The summed E-state index contributed by atoms with van der Waals surface area (Å²) in [5.41, 5.74) is -0.328. The molecule has 0 aliphatic heterocycles. The van der Waals surface area contributed by atoms with E-state index >= 15 is 0 Å². The van der Waals surface area contributed by atoms with E-state index in [1.54, 1.807) is 24.3 Å². The molecule has 0 radical (unpaired) electrons. The third kappa shape index (κ3) is 6.07. The van der Waals surface area contributed by atoms with Crippen molar-refractivity contribution < 1.29 is 31.1 Å². The highest BCUT2D eigenvalue weighted by Crippen LogP contribution is 2.31. The summed E-state index contributed by atoms with van der Waals surface area (Å²) in [5.74, 6) is 0.0395. The molecule has 10 heteroatoms. The summed E-state index contributed by atoms with van der Waals surface area (Å²) in [6.07, 6.45) is -3.44. The number of ether oxygens (including phenoxy) is 1. The van der Waals surface area contributed by atoms with Crippen molar-refractivity contribution in [3.8, 4) is 5.75 Å². The van der Waals surface area contributed by atoms with Gasteiger partial charge in [0.15, 0.2) is 0 Å². The molecule has 1 N–H and O–H groups in total. The molecule has 0 saturated heterocycles. The molecular weight excluding hydrogens is 421 g/mol. The summed E-state index contributed by atoms with van der Waals surface area (Å²) in [5, 5.41) is 2.58. The van der Waals surface area contributed by atoms with E-state index in [0.29, 0.717) is 11.8 Å². The Morgan fingerprint density at radius 1 is 1.20 bits per heavy atom. The molecule has 0 aliphatic carbocycles. The normalized spacial score (nSPS) is 11.9. The monoisotopic (exact) mass is 442 g/mol. The summed E-state index contributed by atoms with van der Waals surface area (Å²) in [6, 6.07) is 10.3. The largest absolute Gasteiger partial charge is 0.497 e. The van der Waals surface area contributed by atoms with Crippen LogP contribution in [-0.2, 0) is 27.5 Å². The van der Waals surface area contributed by atoms with Gasteiger partial charge in [-0.25, -0.2) is 8.42 Å². The zero-order chi connectivity index (χ0) is 22.4. The standard InChI is InChI=1S/C20H21F3N2O4S/c1-3-11-25(14-19(26)24-13-15-7-9-17(29-2)10-8-15)30(27,28)18-6-4-5-16(12-18)20(21,22)23/h3-10,12H,1,11,13-14H2,2H3,(H,24,26). The molecule has 0 spiro atoms. The number of benzene rings is 2. The third-order valence-electron chi connectivity index (χ3n) is 4.10. The first-order valence-corrected chi connectivity index (χ1v) is 10.2. The molecule has 30 heavy (non-hydrogen) atoms. The fourth-order valence-corrected chi connectivity index (χ4v) is 3.95. The van der Waals surface area contributed by atoms with E-state index in [2.05, 4.69) is 11.9 Å². The van der Waals surface area contributed by atoms with E-state index in [4.69, 9.17) is 4.74 Å². The Labute approximate surface area is 173 Å². The second-order valence-corrected chi connectivity index (χ2v) is 8.17. The lowest BCUT2D eigenvalue weighted by Crippen LogP contribution is -2.40. The number of hydrogen-bond acceptors (Lipinski definition) is 4. The zero-order valence-corrected chi connectivity index (χ0v) is 17.0. The molecule has 0 aromatic heterocycles. The molecule has 2 aromatic rings. The number of alkyl halides is 3. The van der Waals surface area contributed by atoms with E-state index in [1.165, 1.54) is 13.2 Å². The van der Waals surface area contributed by atoms with Crippen LogP contribution in [0.5, 0.6) is 5.75 Å². The predicted octanol–water partition coefficient (Wildman–Crippen LogP) is 3.21. The van der Waals surface area contributed by atoms with Crippen LogP contribution in [0.1, 0.15) is 11.1 Å². The Balaban J connectivity index is 2.13. The molecular formula is C20H21F3N2O4S. The Hall–Kier alpha value is -2.85. The van der Waals surface area contributed by atoms with Crippen LogP contribution >= 0.6 is 0 Å². The Bertz CT molecular complexity index is 990. The second kappa shape index (κ2) is 9.77. The highest BCUT2D eigenvalue weighted by atomic mass is 32.2. The minimum absolute atomic E-state index is 0.147. The number of sulfonamides is 1. The third-order valence-corrected chi connectivity index (χ3v) is 5.91. The number of nitrogens with zero attached hydrogens (tertiary/aromatic N) is 1. The number of carbonyl (C=O) groups excluding carboxylic acids is 1. The first-order chi connectivity index (χ1) is 14.1. The molecule has 162 valence electrons. The van der Waals surface area contributed by atoms with Gasteiger partial charge < -0.3 is 10.1 Å². The number of nitrogens with one attached hydrogen (secondary N) is 1. The van der Waals surface area contributed by atoms with Crippen molar-refractivity contribution in [2.75, 3.05) is 20.2 Å². The summed E-state index contributed by atoms with van der Waals surface area (Å²) in [6.45, 7) is 2.79. The highest BCUT2D eigenvalue weighted by molar-refractivity contribution is 7.89. The summed E-state index contributed by atoms with van der Waals surface area (Å²) < 4.78 is 70.2. The second-order valence-electron chi connectivity index (χ2n) is 6.24. The average Bonchev–Trinajstić information content (AvgIpc) is 2.71. The zero-order valence-electron chi connectivity index (χ0n) is 16.1. The van der Waals surface area contributed by atoms with Crippen molar-refractivity contribution in [2.45, 2.75) is 17.6 Å². The van der Waals surface area contributed by atoms with Crippen molar-refractivity contribution in [3.63, 3.8) is 0 Å². The molecule has 0 saturated carbocycles. The lowest BCUT2D eigenvalue weighted by Gasteiger charge is -2.21. The van der Waals surface area contributed by atoms with Crippen molar-refractivity contribution >= 4 is 15.9 Å². The van der Waals surface area contributed by atoms with E-state index in [-0.39, 0.29) is 13.1 Å². The molecule has 0 aliphatic rings. The van der Waals surface area contributed by atoms with Crippen molar-refractivity contribution in [1.82, 2.24) is 9.62 Å². The molecule has 0 bridgehead atoms. The number of halogens is 3. The van der Waals surface area contributed by atoms with Crippen molar-refractivity contribution in [3.05, 3.63) is 72.3 Å². The van der Waals surface area contributed by atoms with Gasteiger partial charge in [-0.05, 0) is 35.9 Å². The summed E-state index contributed by atoms with van der Waals surface area (Å²) >= 11 is 0. The minimum Gasteiger partial charge on any atom is -0.497 e. The molecule has 1 amide bonds. The number of methoxy groups -OCH3 is 1.